The number of hydrogen-bond acceptors (Lipinski definition) is 8. The van der Waals surface area contributed by atoms with Crippen LogP contribution in [0.4, 0.5) is 11.4 Å². The summed E-state index contributed by atoms with van der Waals surface area (Å²) in [4.78, 5) is 34.0. The van der Waals surface area contributed by atoms with Gasteiger partial charge in [-0.1, -0.05) is 76.6 Å². The second kappa shape index (κ2) is 24.1. The third-order valence-electron chi connectivity index (χ3n) is 8.48. The topological polar surface area (TPSA) is 95.8 Å². The summed E-state index contributed by atoms with van der Waals surface area (Å²) in [5.74, 6) is 0.970. The van der Waals surface area contributed by atoms with Crippen LogP contribution in [0.25, 0.3) is 0 Å². The molecular weight excluding hydrogens is 665 g/mol. The van der Waals surface area contributed by atoms with Crippen LogP contribution in [-0.4, -0.2) is 50.8 Å². The maximum atomic E-state index is 12.5. The fraction of sp³-hybridized carbons (Fsp3) is 0.378. The number of aliphatic imine (C=N–C) groups is 2. The normalized spacial score (nSPS) is 11.2. The maximum Gasteiger partial charge on any atom is 0.338 e. The lowest BCUT2D eigenvalue weighted by atomic mass is 10.1. The Hall–Kier alpha value is -5.24. The molecule has 0 bridgehead atoms. The number of esters is 2. The first-order chi connectivity index (χ1) is 26.0. The van der Waals surface area contributed by atoms with Gasteiger partial charge in [0.15, 0.2) is 0 Å². The van der Waals surface area contributed by atoms with Gasteiger partial charge in [-0.05, 0) is 116 Å². The highest BCUT2D eigenvalue weighted by Crippen LogP contribution is 2.20. The smallest absolute Gasteiger partial charge is 0.338 e. The van der Waals surface area contributed by atoms with Gasteiger partial charge in [0.05, 0.1) is 48.9 Å². The third-order valence-corrected chi connectivity index (χ3v) is 8.48. The zero-order valence-corrected chi connectivity index (χ0v) is 31.3. The summed E-state index contributed by atoms with van der Waals surface area (Å²) in [6, 6.07) is 29.8. The molecule has 0 amide bonds. The Morgan fingerprint density at radius 3 is 1.19 bits per heavy atom. The zero-order valence-electron chi connectivity index (χ0n) is 31.3. The molecule has 0 atom stereocenters. The molecule has 0 aliphatic heterocycles. The summed E-state index contributed by atoms with van der Waals surface area (Å²) in [6.45, 7) is 6.46. The van der Waals surface area contributed by atoms with Crippen LogP contribution in [0.1, 0.15) is 116 Å². The number of unbranched alkanes of at least 4 members (excludes halogenated alkanes) is 8. The molecule has 0 fully saturated rings. The molecule has 280 valence electrons. The Kier molecular flexibility index (Phi) is 18.4. The molecule has 0 saturated heterocycles. The van der Waals surface area contributed by atoms with Crippen molar-refractivity contribution in [3.05, 3.63) is 119 Å². The first-order valence-electron chi connectivity index (χ1n) is 19.1. The Balaban J connectivity index is 1.06. The van der Waals surface area contributed by atoms with E-state index in [0.29, 0.717) is 37.2 Å². The molecule has 4 aromatic carbocycles. The minimum Gasteiger partial charge on any atom is -0.494 e. The molecule has 0 spiro atoms. The molecule has 0 unspecified atom stereocenters. The molecule has 0 saturated carbocycles. The molecule has 0 N–H and O–H groups in total. The first kappa shape index (κ1) is 40.5. The van der Waals surface area contributed by atoms with E-state index in [1.54, 1.807) is 36.7 Å². The molecule has 8 nitrogen and oxygen atoms in total. The molecule has 0 aliphatic carbocycles. The summed E-state index contributed by atoms with van der Waals surface area (Å²) in [7, 11) is 0. The monoisotopic (exact) mass is 718 g/mol. The second-order valence-electron chi connectivity index (χ2n) is 12.9. The average molecular weight is 719 g/mol. The fourth-order valence-electron chi connectivity index (χ4n) is 5.28. The van der Waals surface area contributed by atoms with Crippen LogP contribution in [0.5, 0.6) is 11.5 Å². The molecule has 0 aliphatic rings. The van der Waals surface area contributed by atoms with Crippen LogP contribution in [0.2, 0.25) is 0 Å². The van der Waals surface area contributed by atoms with E-state index in [0.717, 1.165) is 66.5 Å². The van der Waals surface area contributed by atoms with E-state index in [4.69, 9.17) is 18.9 Å². The quantitative estimate of drug-likeness (QED) is 0.0406. The first-order valence-corrected chi connectivity index (χ1v) is 19.1. The maximum absolute atomic E-state index is 12.5. The second-order valence-corrected chi connectivity index (χ2v) is 12.9. The van der Waals surface area contributed by atoms with Crippen molar-refractivity contribution < 1.29 is 28.5 Å². The predicted octanol–water partition coefficient (Wildman–Crippen LogP) is 11.3. The zero-order chi connectivity index (χ0) is 37.4. The largest absolute Gasteiger partial charge is 0.494 e. The standard InChI is InChI=1S/C45H54N2O6/c1-3-5-7-10-30-50-42-26-22-40(23-27-42)46-34-36-14-18-38(19-15-36)44(48)52-32-12-9-13-33-53-45(49)39-20-16-37(17-21-39)35-47-41-24-28-43(29-25-41)51-31-11-8-6-4-2/h14-29,34-35H,3-13,30-33H2,1-2H3. The number of nitrogens with zero attached hydrogens (tertiary/aromatic N) is 2. The highest BCUT2D eigenvalue weighted by Gasteiger charge is 2.08. The van der Waals surface area contributed by atoms with E-state index in [1.165, 1.54) is 38.5 Å². The van der Waals surface area contributed by atoms with Crippen LogP contribution < -0.4 is 9.47 Å². The van der Waals surface area contributed by atoms with Gasteiger partial charge in [-0.15, -0.1) is 0 Å². The van der Waals surface area contributed by atoms with Crippen molar-refractivity contribution in [2.45, 2.75) is 84.5 Å². The fourth-order valence-corrected chi connectivity index (χ4v) is 5.28. The number of benzene rings is 4. The van der Waals surface area contributed by atoms with Gasteiger partial charge in [0.1, 0.15) is 11.5 Å². The predicted molar refractivity (Wildman–Crippen MR) is 214 cm³/mol. The van der Waals surface area contributed by atoms with E-state index in [1.807, 2.05) is 72.8 Å². The van der Waals surface area contributed by atoms with Gasteiger partial charge in [-0.3, -0.25) is 9.98 Å². The lowest BCUT2D eigenvalue weighted by Crippen LogP contribution is -2.08. The lowest BCUT2D eigenvalue weighted by Gasteiger charge is -2.07. The summed E-state index contributed by atoms with van der Waals surface area (Å²) in [5, 5.41) is 0. The van der Waals surface area contributed by atoms with Crippen LogP contribution in [0.3, 0.4) is 0 Å². The van der Waals surface area contributed by atoms with Crippen molar-refractivity contribution in [1.82, 2.24) is 0 Å². The Labute approximate surface area is 315 Å². The highest BCUT2D eigenvalue weighted by molar-refractivity contribution is 5.91. The number of ether oxygens (including phenoxy) is 4. The Morgan fingerprint density at radius 2 is 0.811 bits per heavy atom. The van der Waals surface area contributed by atoms with E-state index in [-0.39, 0.29) is 11.9 Å². The number of carbonyl (C=O) groups excluding carboxylic acids is 2. The van der Waals surface area contributed by atoms with Crippen molar-refractivity contribution in [3.8, 4) is 11.5 Å². The Bertz CT molecular complexity index is 1550. The molecular formula is C45H54N2O6. The number of carbonyl (C=O) groups is 2. The van der Waals surface area contributed by atoms with Gasteiger partial charge in [-0.2, -0.15) is 0 Å². The van der Waals surface area contributed by atoms with Crippen LogP contribution in [0.15, 0.2) is 107 Å². The third kappa shape index (κ3) is 15.9. The van der Waals surface area contributed by atoms with Crippen molar-refractivity contribution in [1.29, 1.82) is 0 Å². The summed E-state index contributed by atoms with van der Waals surface area (Å²) in [6.07, 6.45) is 15.1. The van der Waals surface area contributed by atoms with E-state index < -0.39 is 0 Å². The minimum atomic E-state index is -0.366. The van der Waals surface area contributed by atoms with E-state index in [2.05, 4.69) is 23.8 Å². The van der Waals surface area contributed by atoms with Crippen molar-refractivity contribution >= 4 is 35.7 Å². The molecule has 53 heavy (non-hydrogen) atoms. The molecule has 0 heterocycles. The Morgan fingerprint density at radius 1 is 0.453 bits per heavy atom. The van der Waals surface area contributed by atoms with E-state index in [9.17, 15) is 9.59 Å². The van der Waals surface area contributed by atoms with Crippen molar-refractivity contribution in [3.63, 3.8) is 0 Å². The van der Waals surface area contributed by atoms with Gasteiger partial charge in [-0.25, -0.2) is 9.59 Å². The van der Waals surface area contributed by atoms with Crippen LogP contribution in [0, 0.1) is 0 Å². The van der Waals surface area contributed by atoms with Gasteiger partial charge < -0.3 is 18.9 Å². The number of rotatable bonds is 24. The molecule has 4 rings (SSSR count). The van der Waals surface area contributed by atoms with Crippen LogP contribution in [-0.2, 0) is 9.47 Å². The molecule has 0 aromatic heterocycles. The number of hydrogen-bond donors (Lipinski definition) is 0. The summed E-state index contributed by atoms with van der Waals surface area (Å²) in [5.41, 5.74) is 4.40. The van der Waals surface area contributed by atoms with Crippen molar-refractivity contribution in [2.75, 3.05) is 26.4 Å². The minimum absolute atomic E-state index is 0.300. The molecule has 8 heteroatoms. The summed E-state index contributed by atoms with van der Waals surface area (Å²) < 4.78 is 22.5. The van der Waals surface area contributed by atoms with Crippen molar-refractivity contribution in [2.24, 2.45) is 9.98 Å². The SMILES string of the molecule is CCCCCCOc1ccc(N=Cc2ccc(C(=O)OCCCCCOC(=O)c3ccc(C=Nc4ccc(OCCCCCC)cc4)cc3)cc2)cc1. The average Bonchev–Trinajstić information content (AvgIpc) is 3.20. The highest BCUT2D eigenvalue weighted by atomic mass is 16.5. The molecule has 0 radical (unpaired) electrons. The van der Waals surface area contributed by atoms with Crippen LogP contribution >= 0.6 is 0 Å². The van der Waals surface area contributed by atoms with Gasteiger partial charge in [0.25, 0.3) is 0 Å². The van der Waals surface area contributed by atoms with Gasteiger partial charge in [0.2, 0.25) is 0 Å². The van der Waals surface area contributed by atoms with E-state index >= 15 is 0 Å². The lowest BCUT2D eigenvalue weighted by molar-refractivity contribution is 0.0478. The summed E-state index contributed by atoms with van der Waals surface area (Å²) >= 11 is 0. The molecule has 4 aromatic rings. The van der Waals surface area contributed by atoms with Gasteiger partial charge >= 0.3 is 11.9 Å². The van der Waals surface area contributed by atoms with Gasteiger partial charge in [0, 0.05) is 12.4 Å².